The molecule has 138 valence electrons. The first-order chi connectivity index (χ1) is 12.5. The molecule has 0 aliphatic carbocycles. The van der Waals surface area contributed by atoms with Crippen molar-refractivity contribution in [2.45, 2.75) is 12.8 Å². The molecule has 0 amide bonds. The lowest BCUT2D eigenvalue weighted by Gasteiger charge is -2.41. The van der Waals surface area contributed by atoms with Gasteiger partial charge in [-0.15, -0.1) is 0 Å². The molecule has 8 heteroatoms. The van der Waals surface area contributed by atoms with Gasteiger partial charge in [-0.3, -0.25) is 9.80 Å². The zero-order valence-electron chi connectivity index (χ0n) is 14.6. The number of carboxylic acid groups (broad SMARTS) is 2. The minimum absolute atomic E-state index is 0.293. The molecule has 2 heterocycles. The summed E-state index contributed by atoms with van der Waals surface area (Å²) in [6.45, 7) is 4.02. The van der Waals surface area contributed by atoms with E-state index >= 15 is 0 Å². The van der Waals surface area contributed by atoms with Crippen LogP contribution >= 0.6 is 0 Å². The lowest BCUT2D eigenvalue weighted by atomic mass is 10.1. The Bertz CT molecular complexity index is 739. The molecule has 1 aromatic rings. The lowest BCUT2D eigenvalue weighted by molar-refractivity contribution is -0.134. The van der Waals surface area contributed by atoms with Crippen LogP contribution in [0.4, 0.5) is 0 Å². The molecule has 2 N–H and O–H groups in total. The zero-order valence-corrected chi connectivity index (χ0v) is 14.6. The number of carbonyl (C=O) groups is 2. The van der Waals surface area contributed by atoms with Gasteiger partial charge >= 0.3 is 11.9 Å². The Morgan fingerprint density at radius 3 is 2.31 bits per heavy atom. The fraction of sp³-hybridized carbons (Fsp3) is 0.389. The van der Waals surface area contributed by atoms with Gasteiger partial charge in [-0.2, -0.15) is 0 Å². The fourth-order valence-corrected chi connectivity index (χ4v) is 3.27. The molecule has 0 saturated carbocycles. The van der Waals surface area contributed by atoms with Crippen LogP contribution in [0, 0.1) is 0 Å². The standard InChI is InChI=1S/C18H22N4O4/c1-20-12-14(16(23)24)15(17(25)26)19-18(20)22-9-7-21(8-10-22)11-13-5-3-2-4-6-13/h2-6,12,18H,7-11H2,1H3,(H,23,24)(H,25,26). The van der Waals surface area contributed by atoms with E-state index in [1.165, 1.54) is 11.8 Å². The summed E-state index contributed by atoms with van der Waals surface area (Å²) in [6.07, 6.45) is 0.850. The van der Waals surface area contributed by atoms with Crippen LogP contribution in [0.2, 0.25) is 0 Å². The Kier molecular flexibility index (Phi) is 5.34. The predicted molar refractivity (Wildman–Crippen MR) is 95.6 cm³/mol. The predicted octanol–water partition coefficient (Wildman–Crippen LogP) is 0.527. The summed E-state index contributed by atoms with van der Waals surface area (Å²) in [5, 5.41) is 18.5. The van der Waals surface area contributed by atoms with E-state index in [1.54, 1.807) is 11.9 Å². The first-order valence-electron chi connectivity index (χ1n) is 8.44. The van der Waals surface area contributed by atoms with Gasteiger partial charge in [-0.05, 0) is 5.56 Å². The quantitative estimate of drug-likeness (QED) is 0.792. The largest absolute Gasteiger partial charge is 0.478 e. The molecule has 1 unspecified atom stereocenters. The van der Waals surface area contributed by atoms with Crippen LogP contribution in [0.15, 0.2) is 47.1 Å². The zero-order chi connectivity index (χ0) is 18.7. The van der Waals surface area contributed by atoms with E-state index < -0.39 is 23.9 Å². The number of benzene rings is 1. The Balaban J connectivity index is 1.65. The van der Waals surface area contributed by atoms with Gasteiger partial charge in [-0.25, -0.2) is 14.6 Å². The molecular weight excluding hydrogens is 336 g/mol. The van der Waals surface area contributed by atoms with Crippen LogP contribution in [0.3, 0.4) is 0 Å². The molecule has 0 aromatic heterocycles. The molecule has 8 nitrogen and oxygen atoms in total. The molecule has 1 saturated heterocycles. The monoisotopic (exact) mass is 358 g/mol. The van der Waals surface area contributed by atoms with Crippen molar-refractivity contribution in [1.82, 2.24) is 14.7 Å². The van der Waals surface area contributed by atoms with Crippen molar-refractivity contribution >= 4 is 17.7 Å². The highest BCUT2D eigenvalue weighted by Crippen LogP contribution is 2.19. The van der Waals surface area contributed by atoms with Crippen LogP contribution in [0.1, 0.15) is 5.56 Å². The van der Waals surface area contributed by atoms with E-state index in [0.29, 0.717) is 0 Å². The molecule has 3 rings (SSSR count). The normalized spacial score (nSPS) is 21.9. The highest BCUT2D eigenvalue weighted by Gasteiger charge is 2.33. The lowest BCUT2D eigenvalue weighted by Crippen LogP contribution is -2.54. The second-order valence-corrected chi connectivity index (χ2v) is 6.44. The molecule has 2 aliphatic heterocycles. The van der Waals surface area contributed by atoms with Crippen molar-refractivity contribution in [2.24, 2.45) is 4.99 Å². The van der Waals surface area contributed by atoms with Gasteiger partial charge in [0.05, 0.1) is 0 Å². The van der Waals surface area contributed by atoms with E-state index in [0.717, 1.165) is 32.7 Å². The first-order valence-corrected chi connectivity index (χ1v) is 8.44. The minimum atomic E-state index is -1.32. The number of nitrogens with zero attached hydrogens (tertiary/aromatic N) is 4. The van der Waals surface area contributed by atoms with Gasteiger partial charge in [0.1, 0.15) is 5.57 Å². The molecule has 0 spiro atoms. The Labute approximate surface area is 151 Å². The average molecular weight is 358 g/mol. The summed E-state index contributed by atoms with van der Waals surface area (Å²) >= 11 is 0. The second-order valence-electron chi connectivity index (χ2n) is 6.44. The maximum absolute atomic E-state index is 11.4. The van der Waals surface area contributed by atoms with Crippen LogP contribution in [0.5, 0.6) is 0 Å². The number of rotatable bonds is 5. The maximum atomic E-state index is 11.4. The fourth-order valence-electron chi connectivity index (χ4n) is 3.27. The summed E-state index contributed by atoms with van der Waals surface area (Å²) < 4.78 is 0. The number of aliphatic imine (C=N–C) groups is 1. The SMILES string of the molecule is CN1C=C(C(=O)O)C(C(=O)O)=NC1N1CCN(Cc2ccccc2)CC1. The molecule has 0 radical (unpaired) electrons. The molecule has 26 heavy (non-hydrogen) atoms. The number of piperazine rings is 1. The van der Waals surface area contributed by atoms with E-state index in [2.05, 4.69) is 26.9 Å². The number of hydrogen-bond acceptors (Lipinski definition) is 6. The molecule has 2 aliphatic rings. The molecule has 1 atom stereocenters. The smallest absolute Gasteiger partial charge is 0.355 e. The average Bonchev–Trinajstić information content (AvgIpc) is 2.63. The first kappa shape index (κ1) is 18.1. The Morgan fingerprint density at radius 1 is 1.08 bits per heavy atom. The van der Waals surface area contributed by atoms with Gasteiger partial charge in [0.2, 0.25) is 0 Å². The van der Waals surface area contributed by atoms with Crippen molar-refractivity contribution in [1.29, 1.82) is 0 Å². The van der Waals surface area contributed by atoms with Gasteiger partial charge in [0.15, 0.2) is 12.0 Å². The van der Waals surface area contributed by atoms with Crippen molar-refractivity contribution < 1.29 is 19.8 Å². The topological polar surface area (TPSA) is 96.7 Å². The number of hydrogen-bond donors (Lipinski definition) is 2. The van der Waals surface area contributed by atoms with Gasteiger partial charge < -0.3 is 15.1 Å². The Hall–Kier alpha value is -2.71. The van der Waals surface area contributed by atoms with Crippen molar-refractivity contribution in [3.05, 3.63) is 47.7 Å². The minimum Gasteiger partial charge on any atom is -0.478 e. The van der Waals surface area contributed by atoms with Gasteiger partial charge in [0, 0.05) is 46.0 Å². The molecule has 0 bridgehead atoms. The van der Waals surface area contributed by atoms with Gasteiger partial charge in [0.25, 0.3) is 0 Å². The second kappa shape index (κ2) is 7.67. The third-order valence-electron chi connectivity index (χ3n) is 4.61. The summed E-state index contributed by atoms with van der Waals surface area (Å²) in [7, 11) is 1.71. The number of aliphatic carboxylic acids is 2. The van der Waals surface area contributed by atoms with E-state index in [-0.39, 0.29) is 5.57 Å². The van der Waals surface area contributed by atoms with Crippen LogP contribution in [0.25, 0.3) is 0 Å². The molecular formula is C18H22N4O4. The van der Waals surface area contributed by atoms with Crippen LogP contribution < -0.4 is 0 Å². The summed E-state index contributed by atoms with van der Waals surface area (Å²) in [5.74, 6) is -2.61. The van der Waals surface area contributed by atoms with Crippen molar-refractivity contribution in [3.8, 4) is 0 Å². The summed E-state index contributed by atoms with van der Waals surface area (Å²) in [5.41, 5.74) is 0.572. The highest BCUT2D eigenvalue weighted by atomic mass is 16.4. The van der Waals surface area contributed by atoms with Crippen LogP contribution in [-0.2, 0) is 16.1 Å². The van der Waals surface area contributed by atoms with E-state index in [4.69, 9.17) is 0 Å². The van der Waals surface area contributed by atoms with E-state index in [1.807, 2.05) is 18.2 Å². The van der Waals surface area contributed by atoms with E-state index in [9.17, 15) is 19.8 Å². The van der Waals surface area contributed by atoms with Crippen LogP contribution in [-0.4, -0.2) is 82.1 Å². The Morgan fingerprint density at radius 2 is 1.73 bits per heavy atom. The number of carboxylic acids is 2. The van der Waals surface area contributed by atoms with Gasteiger partial charge in [-0.1, -0.05) is 30.3 Å². The highest BCUT2D eigenvalue weighted by molar-refractivity contribution is 6.48. The maximum Gasteiger partial charge on any atom is 0.355 e. The third kappa shape index (κ3) is 3.92. The molecule has 1 aromatic carbocycles. The molecule has 1 fully saturated rings. The van der Waals surface area contributed by atoms with Crippen molar-refractivity contribution in [3.63, 3.8) is 0 Å². The summed E-state index contributed by atoms with van der Waals surface area (Å²) in [6, 6.07) is 10.2. The summed E-state index contributed by atoms with van der Waals surface area (Å²) in [4.78, 5) is 32.9. The van der Waals surface area contributed by atoms with Crippen molar-refractivity contribution in [2.75, 3.05) is 33.2 Å². The third-order valence-corrected chi connectivity index (χ3v) is 4.61.